The number of hydrogen-bond donors (Lipinski definition) is 1. The molecule has 1 unspecified atom stereocenters. The number of ether oxygens (including phenoxy) is 2. The molecule has 0 spiro atoms. The van der Waals surface area contributed by atoms with Crippen LogP contribution >= 0.6 is 12.4 Å². The second kappa shape index (κ2) is 12.3. The van der Waals surface area contributed by atoms with Crippen LogP contribution in [0.1, 0.15) is 31.9 Å². The monoisotopic (exact) mass is 419 g/mol. The van der Waals surface area contributed by atoms with Gasteiger partial charge in [-0.05, 0) is 75.7 Å². The summed E-state index contributed by atoms with van der Waals surface area (Å²) in [6, 6.07) is 13.4. The molecule has 29 heavy (non-hydrogen) atoms. The summed E-state index contributed by atoms with van der Waals surface area (Å²) in [7, 11) is 0. The van der Waals surface area contributed by atoms with Crippen molar-refractivity contribution >= 4 is 18.3 Å². The van der Waals surface area contributed by atoms with Gasteiger partial charge in [0.2, 0.25) is 0 Å². The Morgan fingerprint density at radius 3 is 2.55 bits per heavy atom. The standard InChI is InChI=1S/C22H29N3O3.ClH/c1-2-27-20-8-10-21(11-9-20)28-17-22(26)25(16-18-6-3-4-14-24-18)19-7-5-13-23-15-12-19;/h3-4,6,8-11,14,19,23H,2,5,7,12-13,15-17H2,1H3;1H. The van der Waals surface area contributed by atoms with Crippen molar-refractivity contribution in [1.29, 1.82) is 0 Å². The predicted molar refractivity (Wildman–Crippen MR) is 116 cm³/mol. The highest BCUT2D eigenvalue weighted by atomic mass is 35.5. The molecule has 7 heteroatoms. The van der Waals surface area contributed by atoms with E-state index in [0.717, 1.165) is 43.8 Å². The summed E-state index contributed by atoms with van der Waals surface area (Å²) in [5.41, 5.74) is 0.897. The van der Waals surface area contributed by atoms with Crippen molar-refractivity contribution in [3.8, 4) is 11.5 Å². The highest BCUT2D eigenvalue weighted by molar-refractivity contribution is 5.85. The minimum absolute atomic E-state index is 0. The maximum atomic E-state index is 13.0. The van der Waals surface area contributed by atoms with E-state index < -0.39 is 0 Å². The van der Waals surface area contributed by atoms with E-state index >= 15 is 0 Å². The smallest absolute Gasteiger partial charge is 0.261 e. The summed E-state index contributed by atoms with van der Waals surface area (Å²) in [5.74, 6) is 1.45. The van der Waals surface area contributed by atoms with Gasteiger partial charge in [-0.25, -0.2) is 0 Å². The normalized spacial score (nSPS) is 16.2. The molecule has 1 atom stereocenters. The molecule has 0 radical (unpaired) electrons. The van der Waals surface area contributed by atoms with Gasteiger partial charge in [0.1, 0.15) is 11.5 Å². The number of pyridine rings is 1. The average Bonchev–Trinajstić information content (AvgIpc) is 3.02. The van der Waals surface area contributed by atoms with E-state index in [1.807, 2.05) is 54.3 Å². The third-order valence-electron chi connectivity index (χ3n) is 4.86. The molecule has 2 heterocycles. The lowest BCUT2D eigenvalue weighted by Gasteiger charge is -2.31. The lowest BCUT2D eigenvalue weighted by atomic mass is 10.1. The highest BCUT2D eigenvalue weighted by Gasteiger charge is 2.25. The predicted octanol–water partition coefficient (Wildman–Crippen LogP) is 3.45. The zero-order valence-electron chi connectivity index (χ0n) is 16.9. The third kappa shape index (κ3) is 7.22. The van der Waals surface area contributed by atoms with Crippen LogP contribution in [0.3, 0.4) is 0 Å². The minimum atomic E-state index is -0.00793. The molecule has 6 nitrogen and oxygen atoms in total. The SMILES string of the molecule is CCOc1ccc(OCC(=O)N(Cc2ccccn2)C2CCCNCC2)cc1.Cl. The highest BCUT2D eigenvalue weighted by Crippen LogP contribution is 2.19. The maximum Gasteiger partial charge on any atom is 0.261 e. The van der Waals surface area contributed by atoms with Crippen molar-refractivity contribution in [3.05, 3.63) is 54.4 Å². The molecule has 158 valence electrons. The molecule has 0 saturated carbocycles. The molecule has 1 aromatic carbocycles. The zero-order valence-corrected chi connectivity index (χ0v) is 17.7. The van der Waals surface area contributed by atoms with Crippen LogP contribution < -0.4 is 14.8 Å². The fraction of sp³-hybridized carbons (Fsp3) is 0.455. The molecule has 3 rings (SSSR count). The van der Waals surface area contributed by atoms with E-state index in [0.29, 0.717) is 18.9 Å². The van der Waals surface area contributed by atoms with Gasteiger partial charge >= 0.3 is 0 Å². The van der Waals surface area contributed by atoms with Gasteiger partial charge < -0.3 is 19.7 Å². The Morgan fingerprint density at radius 2 is 1.86 bits per heavy atom. The first-order chi connectivity index (χ1) is 13.8. The lowest BCUT2D eigenvalue weighted by molar-refractivity contribution is -0.136. The number of carbonyl (C=O) groups excluding carboxylic acids is 1. The number of carbonyl (C=O) groups is 1. The number of halogens is 1. The number of nitrogens with one attached hydrogen (secondary N) is 1. The van der Waals surface area contributed by atoms with Crippen LogP contribution in [0.2, 0.25) is 0 Å². The van der Waals surface area contributed by atoms with E-state index in [1.54, 1.807) is 6.20 Å². The van der Waals surface area contributed by atoms with Gasteiger partial charge in [0, 0.05) is 12.2 Å². The second-order valence-corrected chi connectivity index (χ2v) is 6.87. The molecule has 1 aliphatic rings. The Morgan fingerprint density at radius 1 is 1.10 bits per heavy atom. The number of nitrogens with zero attached hydrogens (tertiary/aromatic N) is 2. The van der Waals surface area contributed by atoms with Crippen LogP contribution in [0.15, 0.2) is 48.7 Å². The average molecular weight is 420 g/mol. The number of rotatable bonds is 8. The summed E-state index contributed by atoms with van der Waals surface area (Å²) in [6.45, 7) is 5.03. The molecule has 1 amide bonds. The molecular formula is C22H30ClN3O3. The minimum Gasteiger partial charge on any atom is -0.494 e. The van der Waals surface area contributed by atoms with Crippen LogP contribution in [0, 0.1) is 0 Å². The van der Waals surface area contributed by atoms with Crippen molar-refractivity contribution in [3.63, 3.8) is 0 Å². The van der Waals surface area contributed by atoms with Gasteiger partial charge in [0.05, 0.1) is 18.8 Å². The van der Waals surface area contributed by atoms with Crippen LogP contribution in [-0.2, 0) is 11.3 Å². The number of hydrogen-bond acceptors (Lipinski definition) is 5. The van der Waals surface area contributed by atoms with Crippen molar-refractivity contribution in [2.24, 2.45) is 0 Å². The zero-order chi connectivity index (χ0) is 19.6. The van der Waals surface area contributed by atoms with Gasteiger partial charge in [-0.15, -0.1) is 12.4 Å². The van der Waals surface area contributed by atoms with Crippen LogP contribution in [0.4, 0.5) is 0 Å². The first kappa shape index (κ1) is 23.0. The molecule has 0 aliphatic carbocycles. The van der Waals surface area contributed by atoms with Crippen molar-refractivity contribution < 1.29 is 14.3 Å². The van der Waals surface area contributed by atoms with Crippen molar-refractivity contribution in [2.75, 3.05) is 26.3 Å². The molecule has 1 saturated heterocycles. The summed E-state index contributed by atoms with van der Waals surface area (Å²) in [4.78, 5) is 19.4. The van der Waals surface area contributed by atoms with Gasteiger partial charge in [0.25, 0.3) is 5.91 Å². The summed E-state index contributed by atoms with van der Waals surface area (Å²) < 4.78 is 11.2. The molecule has 0 bridgehead atoms. The first-order valence-corrected chi connectivity index (χ1v) is 10.0. The fourth-order valence-electron chi connectivity index (χ4n) is 3.43. The second-order valence-electron chi connectivity index (χ2n) is 6.87. The Balaban J connectivity index is 0.00000300. The Bertz CT molecular complexity index is 720. The van der Waals surface area contributed by atoms with Gasteiger partial charge in [-0.2, -0.15) is 0 Å². The van der Waals surface area contributed by atoms with E-state index in [-0.39, 0.29) is 31.0 Å². The van der Waals surface area contributed by atoms with Gasteiger partial charge in [-0.1, -0.05) is 6.07 Å². The number of benzene rings is 1. The number of aromatic nitrogens is 1. The fourth-order valence-corrected chi connectivity index (χ4v) is 3.43. The van der Waals surface area contributed by atoms with Crippen LogP contribution in [0.25, 0.3) is 0 Å². The molecular weight excluding hydrogens is 390 g/mol. The quantitative estimate of drug-likeness (QED) is 0.710. The summed E-state index contributed by atoms with van der Waals surface area (Å²) >= 11 is 0. The van der Waals surface area contributed by atoms with Crippen molar-refractivity contribution in [1.82, 2.24) is 15.2 Å². The topological polar surface area (TPSA) is 63.7 Å². The van der Waals surface area contributed by atoms with E-state index in [1.165, 1.54) is 0 Å². The summed E-state index contributed by atoms with van der Waals surface area (Å²) in [5, 5.41) is 3.41. The first-order valence-electron chi connectivity index (χ1n) is 10.0. The van der Waals surface area contributed by atoms with Crippen LogP contribution in [0.5, 0.6) is 11.5 Å². The largest absolute Gasteiger partial charge is 0.494 e. The van der Waals surface area contributed by atoms with Crippen molar-refractivity contribution in [2.45, 2.75) is 38.8 Å². The van der Waals surface area contributed by atoms with Crippen LogP contribution in [-0.4, -0.2) is 48.1 Å². The van der Waals surface area contributed by atoms with E-state index in [4.69, 9.17) is 9.47 Å². The Hall–Kier alpha value is -2.31. The Kier molecular flexibility index (Phi) is 9.74. The van der Waals surface area contributed by atoms with Gasteiger partial charge in [-0.3, -0.25) is 9.78 Å². The van der Waals surface area contributed by atoms with E-state index in [2.05, 4.69) is 10.3 Å². The molecule has 1 N–H and O–H groups in total. The van der Waals surface area contributed by atoms with E-state index in [9.17, 15) is 4.79 Å². The molecule has 1 aliphatic heterocycles. The Labute approximate surface area is 179 Å². The lowest BCUT2D eigenvalue weighted by Crippen LogP contribution is -2.43. The number of amides is 1. The molecule has 1 aromatic heterocycles. The van der Waals surface area contributed by atoms with Gasteiger partial charge in [0.15, 0.2) is 6.61 Å². The maximum absolute atomic E-state index is 13.0. The summed E-state index contributed by atoms with van der Waals surface area (Å²) in [6.07, 6.45) is 4.77. The third-order valence-corrected chi connectivity index (χ3v) is 4.86. The molecule has 2 aromatic rings. The molecule has 1 fully saturated rings.